The number of halogens is 1. The highest BCUT2D eigenvalue weighted by molar-refractivity contribution is 7.13. The molecule has 0 saturated heterocycles. The summed E-state index contributed by atoms with van der Waals surface area (Å²) >= 11 is 1.13. The molecule has 7 nitrogen and oxygen atoms in total. The number of aromatic amines is 1. The summed E-state index contributed by atoms with van der Waals surface area (Å²) in [6, 6.07) is 6.06. The number of nitrogens with one attached hydrogen (secondary N) is 1. The molecule has 0 unspecified atom stereocenters. The molecule has 30 heavy (non-hydrogen) atoms. The minimum absolute atomic E-state index is 0.0600. The molecule has 1 aliphatic rings. The fraction of sp³-hybridized carbons (Fsp3) is 0.286. The van der Waals surface area contributed by atoms with Crippen molar-refractivity contribution in [1.82, 2.24) is 19.9 Å². The molecule has 0 spiro atoms. The van der Waals surface area contributed by atoms with Crippen molar-refractivity contribution in [3.63, 3.8) is 0 Å². The molecule has 1 aromatic carbocycles. The Labute approximate surface area is 175 Å². The molecule has 1 aliphatic heterocycles. The number of nitrogens with zero attached hydrogens (tertiary/aromatic N) is 3. The van der Waals surface area contributed by atoms with Crippen LogP contribution in [0.1, 0.15) is 51.7 Å². The van der Waals surface area contributed by atoms with Crippen LogP contribution in [0.2, 0.25) is 0 Å². The number of carbonyl (C=O) groups excluding carboxylic acids is 1. The fourth-order valence-electron chi connectivity index (χ4n) is 3.77. The highest BCUT2D eigenvalue weighted by atomic mass is 32.1. The topological polar surface area (TPSA) is 95.2 Å². The summed E-state index contributed by atoms with van der Waals surface area (Å²) in [5, 5.41) is 11.0. The molecule has 1 atom stereocenters. The van der Waals surface area contributed by atoms with E-state index in [2.05, 4.69) is 15.0 Å². The predicted molar refractivity (Wildman–Crippen MR) is 109 cm³/mol. The van der Waals surface area contributed by atoms with Crippen molar-refractivity contribution in [3.8, 4) is 0 Å². The van der Waals surface area contributed by atoms with Gasteiger partial charge in [0.2, 0.25) is 0 Å². The predicted octanol–water partition coefficient (Wildman–Crippen LogP) is 3.77. The second-order valence-corrected chi connectivity index (χ2v) is 8.81. The van der Waals surface area contributed by atoms with Crippen molar-refractivity contribution in [1.29, 1.82) is 0 Å². The van der Waals surface area contributed by atoms with E-state index < -0.39 is 17.5 Å². The molecule has 0 saturated carbocycles. The number of aromatic nitrogens is 3. The van der Waals surface area contributed by atoms with E-state index in [4.69, 9.17) is 4.42 Å². The molecule has 2 N–H and O–H groups in total. The molecule has 154 valence electrons. The zero-order valence-electron chi connectivity index (χ0n) is 16.3. The van der Waals surface area contributed by atoms with Crippen LogP contribution in [0.4, 0.5) is 4.39 Å². The molecule has 0 bridgehead atoms. The van der Waals surface area contributed by atoms with E-state index in [9.17, 15) is 9.90 Å². The molecule has 3 aromatic heterocycles. The molecule has 1 amide bonds. The number of rotatable bonds is 3. The summed E-state index contributed by atoms with van der Waals surface area (Å²) in [7, 11) is 0. The first-order valence-corrected chi connectivity index (χ1v) is 10.3. The zero-order chi connectivity index (χ0) is 21.0. The van der Waals surface area contributed by atoms with Gasteiger partial charge in [-0.25, -0.2) is 14.4 Å². The van der Waals surface area contributed by atoms with Gasteiger partial charge >= 0.3 is 0 Å². The van der Waals surface area contributed by atoms with E-state index in [0.29, 0.717) is 39.5 Å². The van der Waals surface area contributed by atoms with Crippen LogP contribution >= 0.6 is 11.3 Å². The van der Waals surface area contributed by atoms with E-state index in [1.807, 2.05) is 0 Å². The van der Waals surface area contributed by atoms with Crippen LogP contribution in [0, 0.1) is 5.82 Å². The Balaban J connectivity index is 1.61. The van der Waals surface area contributed by atoms with Gasteiger partial charge in [-0.15, -0.1) is 11.3 Å². The van der Waals surface area contributed by atoms with Crippen LogP contribution in [0.15, 0.2) is 41.2 Å². The number of thiazole rings is 1. The standard InChI is InChI=1S/C21H19FN4O3S/c1-21(2,28)20-23-9-14(30-20)19(27)26-8-7-12-16(25-10-24-12)17(26)18-15(22)11-5-3-4-6-13(11)29-18/h3-6,9-10,17,28H,7-8H2,1-2H3,(H,24,25)/t17-/m0/s1. The molecule has 5 rings (SSSR count). The molecule has 4 aromatic rings. The molecule has 0 aliphatic carbocycles. The average Bonchev–Trinajstić information content (AvgIpc) is 3.45. The lowest BCUT2D eigenvalue weighted by Crippen LogP contribution is -2.40. The fourth-order valence-corrected chi connectivity index (χ4v) is 4.64. The highest BCUT2D eigenvalue weighted by Crippen LogP contribution is 2.39. The Hall–Kier alpha value is -3.04. The maximum absolute atomic E-state index is 15.3. The van der Waals surface area contributed by atoms with Crippen LogP contribution in [-0.2, 0) is 12.0 Å². The van der Waals surface area contributed by atoms with Gasteiger partial charge in [0, 0.05) is 18.7 Å². The van der Waals surface area contributed by atoms with Crippen LogP contribution < -0.4 is 0 Å². The van der Waals surface area contributed by atoms with Crippen molar-refractivity contribution >= 4 is 28.2 Å². The largest absolute Gasteiger partial charge is 0.455 e. The number of hydrogen-bond donors (Lipinski definition) is 2. The smallest absolute Gasteiger partial charge is 0.266 e. The number of amides is 1. The maximum Gasteiger partial charge on any atom is 0.266 e. The number of aliphatic hydroxyl groups is 1. The first-order valence-electron chi connectivity index (χ1n) is 9.53. The third-order valence-corrected chi connectivity index (χ3v) is 6.53. The number of furan rings is 1. The van der Waals surface area contributed by atoms with Crippen molar-refractivity contribution in [2.24, 2.45) is 0 Å². The Morgan fingerprint density at radius 3 is 2.90 bits per heavy atom. The Morgan fingerprint density at radius 1 is 1.37 bits per heavy atom. The quantitative estimate of drug-likeness (QED) is 0.520. The molecule has 9 heteroatoms. The Kier molecular flexibility index (Phi) is 4.26. The van der Waals surface area contributed by atoms with Gasteiger partial charge in [-0.3, -0.25) is 4.79 Å². The number of fused-ring (bicyclic) bond motifs is 2. The summed E-state index contributed by atoms with van der Waals surface area (Å²) < 4.78 is 21.2. The lowest BCUT2D eigenvalue weighted by molar-refractivity contribution is 0.0673. The number of benzene rings is 1. The van der Waals surface area contributed by atoms with Crippen LogP contribution in [0.3, 0.4) is 0 Å². The molecular formula is C21H19FN4O3S. The molecule has 0 fully saturated rings. The molecule has 0 radical (unpaired) electrons. The van der Waals surface area contributed by atoms with E-state index in [-0.39, 0.29) is 11.7 Å². The summed E-state index contributed by atoms with van der Waals surface area (Å²) in [4.78, 5) is 27.0. The van der Waals surface area contributed by atoms with Gasteiger partial charge in [-0.1, -0.05) is 12.1 Å². The lowest BCUT2D eigenvalue weighted by Gasteiger charge is -2.33. The van der Waals surface area contributed by atoms with Gasteiger partial charge in [0.25, 0.3) is 5.91 Å². The van der Waals surface area contributed by atoms with Crippen LogP contribution in [-0.4, -0.2) is 37.4 Å². The van der Waals surface area contributed by atoms with Gasteiger partial charge in [-0.2, -0.15) is 0 Å². The van der Waals surface area contributed by atoms with Crippen molar-refractivity contribution in [2.75, 3.05) is 6.54 Å². The summed E-state index contributed by atoms with van der Waals surface area (Å²) in [6.45, 7) is 3.60. The molecule has 4 heterocycles. The monoisotopic (exact) mass is 426 g/mol. The van der Waals surface area contributed by atoms with Crippen LogP contribution in [0.25, 0.3) is 11.0 Å². The summed E-state index contributed by atoms with van der Waals surface area (Å²) in [5.41, 5.74) is 0.692. The minimum Gasteiger partial charge on any atom is -0.455 e. The van der Waals surface area contributed by atoms with E-state index >= 15 is 4.39 Å². The SMILES string of the molecule is CC(C)(O)c1ncc(C(=O)N2CCc3[nH]cnc3[C@H]2c2oc3ccccc3c2F)s1. The second-order valence-electron chi connectivity index (χ2n) is 7.78. The third-order valence-electron chi connectivity index (χ3n) is 5.23. The van der Waals surface area contributed by atoms with Gasteiger partial charge in [0.05, 0.1) is 23.6 Å². The van der Waals surface area contributed by atoms with Crippen molar-refractivity contribution in [3.05, 3.63) is 69.6 Å². The lowest BCUT2D eigenvalue weighted by atomic mass is 9.99. The number of hydrogen-bond acceptors (Lipinski definition) is 6. The first kappa shape index (κ1) is 19.0. The van der Waals surface area contributed by atoms with E-state index in [1.54, 1.807) is 49.3 Å². The number of carbonyl (C=O) groups is 1. The minimum atomic E-state index is -1.15. The van der Waals surface area contributed by atoms with Gasteiger partial charge in [0.15, 0.2) is 11.6 Å². The third kappa shape index (κ3) is 2.93. The van der Waals surface area contributed by atoms with E-state index in [0.717, 1.165) is 17.0 Å². The Bertz CT molecular complexity index is 1250. The van der Waals surface area contributed by atoms with E-state index in [1.165, 1.54) is 6.20 Å². The summed E-state index contributed by atoms with van der Waals surface area (Å²) in [6.07, 6.45) is 3.56. The van der Waals surface area contributed by atoms with Crippen molar-refractivity contribution in [2.45, 2.75) is 31.9 Å². The molecular weight excluding hydrogens is 407 g/mol. The van der Waals surface area contributed by atoms with Gasteiger partial charge in [-0.05, 0) is 26.0 Å². The van der Waals surface area contributed by atoms with Crippen LogP contribution in [0.5, 0.6) is 0 Å². The van der Waals surface area contributed by atoms with Crippen molar-refractivity contribution < 1.29 is 18.7 Å². The second kappa shape index (κ2) is 6.75. The first-order chi connectivity index (χ1) is 14.3. The summed E-state index contributed by atoms with van der Waals surface area (Å²) in [5.74, 6) is -0.739. The number of imidazole rings is 1. The van der Waals surface area contributed by atoms with Gasteiger partial charge in [0.1, 0.15) is 27.1 Å². The number of para-hydroxylation sites is 1. The average molecular weight is 426 g/mol. The maximum atomic E-state index is 15.3. The highest BCUT2D eigenvalue weighted by Gasteiger charge is 2.39. The number of H-pyrrole nitrogens is 1. The zero-order valence-corrected chi connectivity index (χ0v) is 17.2. The normalized spacial score (nSPS) is 16.8. The van der Waals surface area contributed by atoms with Gasteiger partial charge < -0.3 is 19.4 Å². The Morgan fingerprint density at radius 2 is 2.17 bits per heavy atom.